The van der Waals surface area contributed by atoms with Gasteiger partial charge in [0.05, 0.1) is 11.4 Å². The van der Waals surface area contributed by atoms with Gasteiger partial charge in [-0.25, -0.2) is 0 Å². The molecule has 1 amide bonds. The summed E-state index contributed by atoms with van der Waals surface area (Å²) >= 11 is 4.70. The van der Waals surface area contributed by atoms with Crippen LogP contribution >= 0.6 is 12.2 Å². The summed E-state index contributed by atoms with van der Waals surface area (Å²) in [5.74, 6) is -0.137. The quantitative estimate of drug-likeness (QED) is 0.642. The van der Waals surface area contributed by atoms with E-state index < -0.39 is 0 Å². The molecule has 0 saturated carbocycles. The molecular formula is C9H11N3OS. The van der Waals surface area contributed by atoms with Crippen molar-refractivity contribution in [2.24, 2.45) is 5.73 Å². The maximum atomic E-state index is 10.8. The van der Waals surface area contributed by atoms with Gasteiger partial charge >= 0.3 is 0 Å². The number of hydrogen-bond acceptors (Lipinski definition) is 2. The largest absolute Gasteiger partial charge is 0.376 e. The van der Waals surface area contributed by atoms with Crippen molar-refractivity contribution in [3.8, 4) is 0 Å². The minimum atomic E-state index is -0.137. The molecule has 0 aliphatic carbocycles. The van der Waals surface area contributed by atoms with Crippen molar-refractivity contribution in [3.05, 3.63) is 24.3 Å². The Balaban J connectivity index is 2.90. The van der Waals surface area contributed by atoms with Crippen LogP contribution in [0.15, 0.2) is 24.3 Å². The number of anilines is 2. The topological polar surface area (TPSA) is 67.2 Å². The zero-order valence-electron chi connectivity index (χ0n) is 7.70. The first-order valence-corrected chi connectivity index (χ1v) is 4.43. The number of benzene rings is 1. The Kier molecular flexibility index (Phi) is 3.41. The van der Waals surface area contributed by atoms with Crippen molar-refractivity contribution in [2.75, 3.05) is 10.6 Å². The number of para-hydroxylation sites is 2. The third-order valence-electron chi connectivity index (χ3n) is 1.50. The Labute approximate surface area is 87.5 Å². The summed E-state index contributed by atoms with van der Waals surface area (Å²) in [6.07, 6.45) is 0. The van der Waals surface area contributed by atoms with Gasteiger partial charge in [-0.3, -0.25) is 4.79 Å². The fourth-order valence-corrected chi connectivity index (χ4v) is 1.13. The average molecular weight is 209 g/mol. The van der Waals surface area contributed by atoms with E-state index in [9.17, 15) is 4.79 Å². The van der Waals surface area contributed by atoms with Crippen LogP contribution in [0, 0.1) is 0 Å². The molecule has 5 heteroatoms. The highest BCUT2D eigenvalue weighted by atomic mass is 32.1. The monoisotopic (exact) mass is 209 g/mol. The molecule has 0 aliphatic heterocycles. The van der Waals surface area contributed by atoms with E-state index in [1.54, 1.807) is 12.1 Å². The summed E-state index contributed by atoms with van der Waals surface area (Å²) in [7, 11) is 0. The molecule has 1 aromatic carbocycles. The van der Waals surface area contributed by atoms with Crippen LogP contribution in [0.25, 0.3) is 0 Å². The SMILES string of the molecule is CC(=O)Nc1ccccc1NC(N)=S. The molecule has 4 N–H and O–H groups in total. The number of rotatable bonds is 2. The molecule has 0 radical (unpaired) electrons. The molecule has 74 valence electrons. The number of amides is 1. The van der Waals surface area contributed by atoms with E-state index in [1.807, 2.05) is 12.1 Å². The lowest BCUT2D eigenvalue weighted by molar-refractivity contribution is -0.114. The molecule has 1 aromatic rings. The zero-order valence-corrected chi connectivity index (χ0v) is 8.52. The van der Waals surface area contributed by atoms with Gasteiger partial charge < -0.3 is 16.4 Å². The lowest BCUT2D eigenvalue weighted by atomic mass is 10.2. The first kappa shape index (κ1) is 10.5. The summed E-state index contributed by atoms with van der Waals surface area (Å²) < 4.78 is 0. The molecule has 0 unspecified atom stereocenters. The van der Waals surface area contributed by atoms with Crippen LogP contribution in [-0.2, 0) is 4.79 Å². The molecule has 0 aromatic heterocycles. The summed E-state index contributed by atoms with van der Waals surface area (Å²) in [5, 5.41) is 5.60. The van der Waals surface area contributed by atoms with E-state index in [2.05, 4.69) is 10.6 Å². The average Bonchev–Trinajstić information content (AvgIpc) is 2.06. The predicted molar refractivity (Wildman–Crippen MR) is 61.2 cm³/mol. The Morgan fingerprint density at radius 3 is 2.21 bits per heavy atom. The highest BCUT2D eigenvalue weighted by molar-refractivity contribution is 7.80. The van der Waals surface area contributed by atoms with E-state index in [-0.39, 0.29) is 11.0 Å². The van der Waals surface area contributed by atoms with Gasteiger partial charge in [0.1, 0.15) is 0 Å². The number of hydrogen-bond donors (Lipinski definition) is 3. The van der Waals surface area contributed by atoms with Gasteiger partial charge in [0, 0.05) is 6.92 Å². The van der Waals surface area contributed by atoms with Gasteiger partial charge in [0.15, 0.2) is 5.11 Å². The van der Waals surface area contributed by atoms with Crippen molar-refractivity contribution < 1.29 is 4.79 Å². The lowest BCUT2D eigenvalue weighted by Crippen LogP contribution is -2.20. The molecule has 0 heterocycles. The maximum absolute atomic E-state index is 10.8. The maximum Gasteiger partial charge on any atom is 0.221 e. The van der Waals surface area contributed by atoms with Gasteiger partial charge in [-0.15, -0.1) is 0 Å². The van der Waals surface area contributed by atoms with E-state index in [1.165, 1.54) is 6.92 Å². The first-order valence-electron chi connectivity index (χ1n) is 4.02. The Hall–Kier alpha value is -1.62. The summed E-state index contributed by atoms with van der Waals surface area (Å²) in [6, 6.07) is 7.19. The fraction of sp³-hybridized carbons (Fsp3) is 0.111. The van der Waals surface area contributed by atoms with Crippen LogP contribution in [-0.4, -0.2) is 11.0 Å². The van der Waals surface area contributed by atoms with E-state index >= 15 is 0 Å². The third kappa shape index (κ3) is 3.02. The minimum Gasteiger partial charge on any atom is -0.376 e. The molecule has 1 rings (SSSR count). The normalized spacial score (nSPS) is 9.21. The fourth-order valence-electron chi connectivity index (χ4n) is 1.02. The molecule has 0 fully saturated rings. The second kappa shape index (κ2) is 4.57. The van der Waals surface area contributed by atoms with Gasteiger partial charge in [0.25, 0.3) is 0 Å². The number of carbonyl (C=O) groups excluding carboxylic acids is 1. The number of thiocarbonyl (C=S) groups is 1. The van der Waals surface area contributed by atoms with Crippen LogP contribution in [0.5, 0.6) is 0 Å². The minimum absolute atomic E-state index is 0.137. The molecule has 0 bridgehead atoms. The van der Waals surface area contributed by atoms with Crippen molar-refractivity contribution in [2.45, 2.75) is 6.92 Å². The third-order valence-corrected chi connectivity index (χ3v) is 1.60. The summed E-state index contributed by atoms with van der Waals surface area (Å²) in [4.78, 5) is 10.8. The molecule has 0 spiro atoms. The van der Waals surface area contributed by atoms with Gasteiger partial charge in [-0.2, -0.15) is 0 Å². The van der Waals surface area contributed by atoms with Gasteiger partial charge in [0.2, 0.25) is 5.91 Å². The number of nitrogens with two attached hydrogens (primary N) is 1. The molecular weight excluding hydrogens is 198 g/mol. The van der Waals surface area contributed by atoms with E-state index in [0.717, 1.165) is 0 Å². The molecule has 14 heavy (non-hydrogen) atoms. The highest BCUT2D eigenvalue weighted by Gasteiger charge is 2.02. The Bertz CT molecular complexity index is 330. The molecule has 4 nitrogen and oxygen atoms in total. The Morgan fingerprint density at radius 2 is 1.79 bits per heavy atom. The Morgan fingerprint density at radius 1 is 1.29 bits per heavy atom. The first-order chi connectivity index (χ1) is 6.59. The van der Waals surface area contributed by atoms with Crippen LogP contribution in [0.1, 0.15) is 6.92 Å². The van der Waals surface area contributed by atoms with Gasteiger partial charge in [-0.1, -0.05) is 12.1 Å². The van der Waals surface area contributed by atoms with Crippen LogP contribution in [0.3, 0.4) is 0 Å². The number of carbonyl (C=O) groups is 1. The van der Waals surface area contributed by atoms with Crippen molar-refractivity contribution in [1.82, 2.24) is 0 Å². The highest BCUT2D eigenvalue weighted by Crippen LogP contribution is 2.20. The summed E-state index contributed by atoms with van der Waals surface area (Å²) in [5.41, 5.74) is 6.68. The molecule has 0 aliphatic rings. The number of nitrogens with one attached hydrogen (secondary N) is 2. The molecule has 0 atom stereocenters. The second-order valence-corrected chi connectivity index (χ2v) is 3.16. The van der Waals surface area contributed by atoms with E-state index in [0.29, 0.717) is 11.4 Å². The van der Waals surface area contributed by atoms with Crippen LogP contribution < -0.4 is 16.4 Å². The smallest absolute Gasteiger partial charge is 0.221 e. The molecule has 0 saturated heterocycles. The van der Waals surface area contributed by atoms with Crippen LogP contribution in [0.2, 0.25) is 0 Å². The van der Waals surface area contributed by atoms with E-state index in [4.69, 9.17) is 18.0 Å². The van der Waals surface area contributed by atoms with Crippen molar-refractivity contribution in [1.29, 1.82) is 0 Å². The van der Waals surface area contributed by atoms with Gasteiger partial charge in [-0.05, 0) is 24.4 Å². The zero-order chi connectivity index (χ0) is 10.6. The summed E-state index contributed by atoms with van der Waals surface area (Å²) in [6.45, 7) is 1.44. The standard InChI is InChI=1S/C9H11N3OS/c1-6(13)11-7-4-2-3-5-8(7)12-9(10)14/h2-5H,1H3,(H,11,13)(H3,10,12,14). The van der Waals surface area contributed by atoms with Crippen LogP contribution in [0.4, 0.5) is 11.4 Å². The second-order valence-electron chi connectivity index (χ2n) is 2.72. The van der Waals surface area contributed by atoms with Crippen molar-refractivity contribution in [3.63, 3.8) is 0 Å². The lowest BCUT2D eigenvalue weighted by Gasteiger charge is -2.10. The predicted octanol–water partition coefficient (Wildman–Crippen LogP) is 1.30. The van der Waals surface area contributed by atoms with Crippen molar-refractivity contribution >= 4 is 34.6 Å².